The molecule has 1 aromatic carbocycles. The van der Waals surface area contributed by atoms with Gasteiger partial charge in [-0.05, 0) is 44.4 Å². The van der Waals surface area contributed by atoms with Crippen LogP contribution in [0.4, 0.5) is 0 Å². The molecular formula is C17H23NO3. The highest BCUT2D eigenvalue weighted by molar-refractivity contribution is 5.87. The van der Waals surface area contributed by atoms with Crippen molar-refractivity contribution in [3.8, 4) is 11.5 Å². The largest absolute Gasteiger partial charge is 0.454 e. The molecule has 0 N–H and O–H groups in total. The number of amides is 1. The van der Waals surface area contributed by atoms with Crippen molar-refractivity contribution >= 4 is 5.91 Å². The van der Waals surface area contributed by atoms with Crippen LogP contribution in [0.15, 0.2) is 18.2 Å². The summed E-state index contributed by atoms with van der Waals surface area (Å²) < 4.78 is 10.8. The van der Waals surface area contributed by atoms with E-state index >= 15 is 0 Å². The van der Waals surface area contributed by atoms with Gasteiger partial charge in [0.1, 0.15) is 0 Å². The van der Waals surface area contributed by atoms with E-state index in [0.29, 0.717) is 0 Å². The number of hydrogen-bond donors (Lipinski definition) is 0. The van der Waals surface area contributed by atoms with Crippen LogP contribution in [0.1, 0.15) is 45.1 Å². The molecule has 0 aliphatic carbocycles. The summed E-state index contributed by atoms with van der Waals surface area (Å²) in [5.41, 5.74) is 0.451. The Morgan fingerprint density at radius 1 is 1.05 bits per heavy atom. The third kappa shape index (κ3) is 2.71. The zero-order valence-corrected chi connectivity index (χ0v) is 12.9. The minimum absolute atomic E-state index is 0.211. The van der Waals surface area contributed by atoms with Gasteiger partial charge in [0.15, 0.2) is 11.5 Å². The molecule has 4 nitrogen and oxygen atoms in total. The molecule has 0 radical (unpaired) electrons. The number of likely N-dealkylation sites (tertiary alicyclic amines) is 1. The van der Waals surface area contributed by atoms with Crippen molar-refractivity contribution in [2.75, 3.05) is 19.9 Å². The molecule has 2 aliphatic heterocycles. The van der Waals surface area contributed by atoms with Gasteiger partial charge in [-0.25, -0.2) is 0 Å². The molecule has 0 bridgehead atoms. The van der Waals surface area contributed by atoms with Gasteiger partial charge in [-0.1, -0.05) is 18.9 Å². The van der Waals surface area contributed by atoms with E-state index in [1.807, 2.05) is 36.9 Å². The Balaban J connectivity index is 1.83. The van der Waals surface area contributed by atoms with E-state index in [1.54, 1.807) is 0 Å². The molecule has 0 aromatic heterocycles. The number of carbonyl (C=O) groups is 1. The monoisotopic (exact) mass is 289 g/mol. The first kappa shape index (κ1) is 14.2. The van der Waals surface area contributed by atoms with Crippen LogP contribution < -0.4 is 9.47 Å². The second kappa shape index (κ2) is 5.58. The summed E-state index contributed by atoms with van der Waals surface area (Å²) in [6.07, 6.45) is 4.69. The first-order chi connectivity index (χ1) is 10.1. The molecule has 2 heterocycles. The zero-order chi connectivity index (χ0) is 14.9. The zero-order valence-electron chi connectivity index (χ0n) is 12.9. The lowest BCUT2D eigenvalue weighted by atomic mass is 9.83. The molecule has 3 rings (SSSR count). The summed E-state index contributed by atoms with van der Waals surface area (Å²) in [7, 11) is 0. The molecule has 1 aromatic rings. The molecule has 0 unspecified atom stereocenters. The highest BCUT2D eigenvalue weighted by Crippen LogP contribution is 2.37. The molecular weight excluding hydrogens is 266 g/mol. The molecule has 1 saturated heterocycles. The molecule has 2 aliphatic rings. The second-order valence-corrected chi connectivity index (χ2v) is 6.40. The van der Waals surface area contributed by atoms with Gasteiger partial charge in [0.05, 0.1) is 5.41 Å². The Morgan fingerprint density at radius 2 is 1.71 bits per heavy atom. The molecule has 1 fully saturated rings. The summed E-state index contributed by atoms with van der Waals surface area (Å²) in [6, 6.07) is 5.82. The lowest BCUT2D eigenvalue weighted by Gasteiger charge is -2.31. The first-order valence-corrected chi connectivity index (χ1v) is 7.78. The third-order valence-electron chi connectivity index (χ3n) is 4.52. The van der Waals surface area contributed by atoms with Crippen LogP contribution in [0.2, 0.25) is 0 Å². The fourth-order valence-corrected chi connectivity index (χ4v) is 3.08. The van der Waals surface area contributed by atoms with Gasteiger partial charge in [0, 0.05) is 13.1 Å². The Morgan fingerprint density at radius 3 is 2.43 bits per heavy atom. The van der Waals surface area contributed by atoms with E-state index in [2.05, 4.69) is 0 Å². The predicted molar refractivity (Wildman–Crippen MR) is 80.6 cm³/mol. The normalized spacial score (nSPS) is 18.5. The summed E-state index contributed by atoms with van der Waals surface area (Å²) in [4.78, 5) is 15.0. The molecule has 4 heteroatoms. The number of nitrogens with zero attached hydrogens (tertiary/aromatic N) is 1. The summed E-state index contributed by atoms with van der Waals surface area (Å²) in [5, 5.41) is 0. The number of fused-ring (bicyclic) bond motifs is 1. The smallest absolute Gasteiger partial charge is 0.232 e. The van der Waals surface area contributed by atoms with Crippen molar-refractivity contribution in [3.05, 3.63) is 23.8 Å². The molecule has 21 heavy (non-hydrogen) atoms. The van der Waals surface area contributed by atoms with Gasteiger partial charge < -0.3 is 14.4 Å². The molecule has 0 atom stereocenters. The fourth-order valence-electron chi connectivity index (χ4n) is 3.08. The van der Waals surface area contributed by atoms with Crippen molar-refractivity contribution < 1.29 is 14.3 Å². The minimum atomic E-state index is -0.536. The molecule has 1 amide bonds. The van der Waals surface area contributed by atoms with E-state index in [4.69, 9.17) is 9.47 Å². The van der Waals surface area contributed by atoms with Crippen molar-refractivity contribution in [1.29, 1.82) is 0 Å². The van der Waals surface area contributed by atoms with Crippen molar-refractivity contribution in [1.82, 2.24) is 4.90 Å². The number of rotatable bonds is 2. The van der Waals surface area contributed by atoms with Crippen LogP contribution in [-0.2, 0) is 10.2 Å². The Hall–Kier alpha value is -1.71. The summed E-state index contributed by atoms with van der Waals surface area (Å²) in [5.74, 6) is 1.71. The molecule has 0 saturated carbocycles. The van der Waals surface area contributed by atoms with Gasteiger partial charge >= 0.3 is 0 Å². The van der Waals surface area contributed by atoms with E-state index in [-0.39, 0.29) is 12.7 Å². The Kier molecular flexibility index (Phi) is 3.79. The van der Waals surface area contributed by atoms with Crippen LogP contribution >= 0.6 is 0 Å². The summed E-state index contributed by atoms with van der Waals surface area (Å²) in [6.45, 7) is 6.02. The maximum atomic E-state index is 12.9. The third-order valence-corrected chi connectivity index (χ3v) is 4.52. The highest BCUT2D eigenvalue weighted by atomic mass is 16.7. The number of hydrogen-bond acceptors (Lipinski definition) is 3. The van der Waals surface area contributed by atoms with Gasteiger partial charge in [0.2, 0.25) is 12.7 Å². The van der Waals surface area contributed by atoms with Crippen LogP contribution in [0.3, 0.4) is 0 Å². The Bertz CT molecular complexity index is 531. The van der Waals surface area contributed by atoms with Crippen LogP contribution in [-0.4, -0.2) is 30.7 Å². The predicted octanol–water partition coefficient (Wildman–Crippen LogP) is 3.10. The quantitative estimate of drug-likeness (QED) is 0.840. The lowest BCUT2D eigenvalue weighted by molar-refractivity contribution is -0.136. The maximum absolute atomic E-state index is 12.9. The highest BCUT2D eigenvalue weighted by Gasteiger charge is 2.35. The molecule has 114 valence electrons. The standard InChI is InChI=1S/C17H23NO3/c1-17(2,16(19)18-9-5-3-4-6-10-18)13-7-8-14-15(11-13)21-12-20-14/h7-8,11H,3-6,9-10,12H2,1-2H3. The first-order valence-electron chi connectivity index (χ1n) is 7.78. The van der Waals surface area contributed by atoms with Crippen LogP contribution in [0.25, 0.3) is 0 Å². The van der Waals surface area contributed by atoms with Gasteiger partial charge in [-0.15, -0.1) is 0 Å². The topological polar surface area (TPSA) is 38.8 Å². The van der Waals surface area contributed by atoms with Crippen LogP contribution in [0.5, 0.6) is 11.5 Å². The maximum Gasteiger partial charge on any atom is 0.232 e. The number of ether oxygens (including phenoxy) is 2. The average Bonchev–Trinajstić information content (AvgIpc) is 2.78. The molecule has 0 spiro atoms. The van der Waals surface area contributed by atoms with Gasteiger partial charge in [0.25, 0.3) is 0 Å². The van der Waals surface area contributed by atoms with Gasteiger partial charge in [-0.2, -0.15) is 0 Å². The minimum Gasteiger partial charge on any atom is -0.454 e. The van der Waals surface area contributed by atoms with Crippen LogP contribution in [0, 0.1) is 0 Å². The van der Waals surface area contributed by atoms with E-state index in [9.17, 15) is 4.79 Å². The number of benzene rings is 1. The second-order valence-electron chi connectivity index (χ2n) is 6.40. The summed E-state index contributed by atoms with van der Waals surface area (Å²) >= 11 is 0. The lowest BCUT2D eigenvalue weighted by Crippen LogP contribution is -2.43. The Labute approximate surface area is 126 Å². The average molecular weight is 289 g/mol. The fraction of sp³-hybridized carbons (Fsp3) is 0.588. The SMILES string of the molecule is CC(C)(C(=O)N1CCCCCC1)c1ccc2c(c1)OCO2. The van der Waals surface area contributed by atoms with Crippen molar-refractivity contribution in [3.63, 3.8) is 0 Å². The van der Waals surface area contributed by atoms with E-state index in [0.717, 1.165) is 43.0 Å². The van der Waals surface area contributed by atoms with E-state index < -0.39 is 5.41 Å². The van der Waals surface area contributed by atoms with E-state index in [1.165, 1.54) is 12.8 Å². The van der Waals surface area contributed by atoms with Crippen molar-refractivity contribution in [2.45, 2.75) is 44.9 Å². The van der Waals surface area contributed by atoms with Crippen molar-refractivity contribution in [2.24, 2.45) is 0 Å². The number of carbonyl (C=O) groups excluding carboxylic acids is 1. The van der Waals surface area contributed by atoms with Gasteiger partial charge in [-0.3, -0.25) is 4.79 Å².